The summed E-state index contributed by atoms with van der Waals surface area (Å²) in [4.78, 5) is 26.2. The molecule has 0 aliphatic carbocycles. The van der Waals surface area contributed by atoms with Crippen LogP contribution >= 0.6 is 22.6 Å². The summed E-state index contributed by atoms with van der Waals surface area (Å²) in [5.41, 5.74) is 0.508. The molecule has 0 aromatic heterocycles. The molecule has 5 nitrogen and oxygen atoms in total. The minimum absolute atomic E-state index is 0.0873. The van der Waals surface area contributed by atoms with Gasteiger partial charge in [0.05, 0.1) is 13.0 Å². The van der Waals surface area contributed by atoms with Crippen molar-refractivity contribution in [2.24, 2.45) is 5.92 Å². The van der Waals surface area contributed by atoms with Crippen molar-refractivity contribution < 1.29 is 19.1 Å². The highest BCUT2D eigenvalue weighted by Gasteiger charge is 2.38. The van der Waals surface area contributed by atoms with Crippen LogP contribution in [0.2, 0.25) is 0 Å². The Morgan fingerprint density at radius 2 is 1.83 bits per heavy atom. The molecule has 1 aliphatic heterocycles. The van der Waals surface area contributed by atoms with Crippen LogP contribution < -0.4 is 0 Å². The number of halogens is 1. The molecule has 24 heavy (non-hydrogen) atoms. The Balaban J connectivity index is 2.21. The SMILES string of the molecule is COC(=O)[C@H]1CCN(C(=O)OC(C)(C)C)C[C@@H]1c1ccc(I)cc1. The first kappa shape index (κ1) is 19.0. The summed E-state index contributed by atoms with van der Waals surface area (Å²) >= 11 is 2.25. The number of rotatable bonds is 2. The summed E-state index contributed by atoms with van der Waals surface area (Å²) < 4.78 is 11.6. The van der Waals surface area contributed by atoms with E-state index in [1.165, 1.54) is 7.11 Å². The molecule has 1 aromatic rings. The van der Waals surface area contributed by atoms with Gasteiger partial charge in [0.15, 0.2) is 0 Å². The molecule has 2 atom stereocenters. The maximum absolute atomic E-state index is 12.4. The van der Waals surface area contributed by atoms with Crippen molar-refractivity contribution in [2.75, 3.05) is 20.2 Å². The molecule has 1 aromatic carbocycles. The maximum atomic E-state index is 12.4. The molecular weight excluding hydrogens is 421 g/mol. The van der Waals surface area contributed by atoms with Crippen LogP contribution in [0.4, 0.5) is 4.79 Å². The van der Waals surface area contributed by atoms with Gasteiger partial charge in [0.1, 0.15) is 5.60 Å². The molecule has 1 saturated heterocycles. The number of amides is 1. The van der Waals surface area contributed by atoms with E-state index < -0.39 is 5.60 Å². The van der Waals surface area contributed by atoms with Crippen molar-refractivity contribution >= 4 is 34.7 Å². The minimum atomic E-state index is -0.533. The van der Waals surface area contributed by atoms with Gasteiger partial charge in [-0.25, -0.2) is 4.79 Å². The van der Waals surface area contributed by atoms with Crippen LogP contribution in [-0.4, -0.2) is 42.8 Å². The summed E-state index contributed by atoms with van der Waals surface area (Å²) in [5, 5.41) is 0. The van der Waals surface area contributed by atoms with Gasteiger partial charge in [0.25, 0.3) is 0 Å². The summed E-state index contributed by atoms with van der Waals surface area (Å²) in [6.45, 7) is 6.50. The molecule has 0 saturated carbocycles. The van der Waals surface area contributed by atoms with E-state index in [9.17, 15) is 9.59 Å². The predicted octanol–water partition coefficient (Wildman–Crippen LogP) is 3.80. The molecule has 0 bridgehead atoms. The van der Waals surface area contributed by atoms with E-state index in [0.717, 1.165) is 9.13 Å². The lowest BCUT2D eigenvalue weighted by Gasteiger charge is -2.38. The molecular formula is C18H24INO4. The van der Waals surface area contributed by atoms with Crippen LogP contribution in [0.1, 0.15) is 38.7 Å². The summed E-state index contributed by atoms with van der Waals surface area (Å²) in [7, 11) is 1.41. The largest absolute Gasteiger partial charge is 0.469 e. The van der Waals surface area contributed by atoms with E-state index in [-0.39, 0.29) is 23.9 Å². The molecule has 0 unspecified atom stereocenters. The fourth-order valence-corrected chi connectivity index (χ4v) is 3.29. The quantitative estimate of drug-likeness (QED) is 0.514. The molecule has 0 N–H and O–H groups in total. The number of benzene rings is 1. The van der Waals surface area contributed by atoms with Gasteiger partial charge in [-0.1, -0.05) is 12.1 Å². The Hall–Kier alpha value is -1.31. The second-order valence-electron chi connectivity index (χ2n) is 7.00. The van der Waals surface area contributed by atoms with E-state index >= 15 is 0 Å². The number of carbonyl (C=O) groups excluding carboxylic acids is 2. The molecule has 1 aliphatic rings. The van der Waals surface area contributed by atoms with E-state index in [2.05, 4.69) is 22.6 Å². The second kappa shape index (κ2) is 7.72. The lowest BCUT2D eigenvalue weighted by molar-refractivity contribution is -0.147. The van der Waals surface area contributed by atoms with E-state index in [1.807, 2.05) is 45.0 Å². The second-order valence-corrected chi connectivity index (χ2v) is 8.25. The van der Waals surface area contributed by atoms with Crippen molar-refractivity contribution in [1.82, 2.24) is 4.90 Å². The zero-order chi connectivity index (χ0) is 17.9. The van der Waals surface area contributed by atoms with Gasteiger partial charge in [-0.05, 0) is 67.5 Å². The Morgan fingerprint density at radius 1 is 1.21 bits per heavy atom. The number of esters is 1. The first-order valence-electron chi connectivity index (χ1n) is 8.02. The monoisotopic (exact) mass is 445 g/mol. The Bertz CT molecular complexity index is 594. The molecule has 6 heteroatoms. The van der Waals surface area contributed by atoms with Crippen molar-refractivity contribution in [3.63, 3.8) is 0 Å². The zero-order valence-corrected chi connectivity index (χ0v) is 16.7. The highest BCUT2D eigenvalue weighted by atomic mass is 127. The summed E-state index contributed by atoms with van der Waals surface area (Å²) in [5.74, 6) is -0.549. The molecule has 132 valence electrons. The highest BCUT2D eigenvalue weighted by Crippen LogP contribution is 2.34. The minimum Gasteiger partial charge on any atom is -0.469 e. The first-order chi connectivity index (χ1) is 11.2. The average Bonchev–Trinajstić information content (AvgIpc) is 2.52. The third kappa shape index (κ3) is 4.84. The van der Waals surface area contributed by atoms with Crippen LogP contribution in [-0.2, 0) is 14.3 Å². The summed E-state index contributed by atoms with van der Waals surface area (Å²) in [6, 6.07) is 8.05. The maximum Gasteiger partial charge on any atom is 0.410 e. The Labute approximate surface area is 156 Å². The third-order valence-electron chi connectivity index (χ3n) is 4.07. The Morgan fingerprint density at radius 3 is 2.38 bits per heavy atom. The van der Waals surface area contributed by atoms with Gasteiger partial charge in [-0.2, -0.15) is 0 Å². The number of ether oxygens (including phenoxy) is 2. The number of piperidine rings is 1. The van der Waals surface area contributed by atoms with Crippen molar-refractivity contribution in [3.8, 4) is 0 Å². The number of carbonyl (C=O) groups is 2. The van der Waals surface area contributed by atoms with Crippen LogP contribution in [0.3, 0.4) is 0 Å². The van der Waals surface area contributed by atoms with E-state index in [0.29, 0.717) is 19.5 Å². The smallest absolute Gasteiger partial charge is 0.410 e. The molecule has 1 amide bonds. The zero-order valence-electron chi connectivity index (χ0n) is 14.5. The topological polar surface area (TPSA) is 55.8 Å². The molecule has 0 spiro atoms. The number of hydrogen-bond donors (Lipinski definition) is 0. The molecule has 1 heterocycles. The average molecular weight is 445 g/mol. The van der Waals surface area contributed by atoms with Gasteiger partial charge in [0, 0.05) is 22.6 Å². The van der Waals surface area contributed by atoms with Crippen LogP contribution in [0, 0.1) is 9.49 Å². The van der Waals surface area contributed by atoms with E-state index in [4.69, 9.17) is 9.47 Å². The molecule has 2 rings (SSSR count). The van der Waals surface area contributed by atoms with E-state index in [1.54, 1.807) is 4.90 Å². The fourth-order valence-electron chi connectivity index (χ4n) is 2.93. The molecule has 1 fully saturated rings. The van der Waals surface area contributed by atoms with Gasteiger partial charge in [-0.3, -0.25) is 4.79 Å². The summed E-state index contributed by atoms with van der Waals surface area (Å²) in [6.07, 6.45) is 0.240. The van der Waals surface area contributed by atoms with Crippen LogP contribution in [0.25, 0.3) is 0 Å². The Kier molecular flexibility index (Phi) is 6.11. The van der Waals surface area contributed by atoms with Crippen molar-refractivity contribution in [3.05, 3.63) is 33.4 Å². The van der Waals surface area contributed by atoms with Gasteiger partial charge in [-0.15, -0.1) is 0 Å². The number of likely N-dealkylation sites (tertiary alicyclic amines) is 1. The highest BCUT2D eigenvalue weighted by molar-refractivity contribution is 14.1. The van der Waals surface area contributed by atoms with Gasteiger partial charge in [0.2, 0.25) is 0 Å². The standard InChI is InChI=1S/C18H24INO4/c1-18(2,3)24-17(22)20-10-9-14(16(21)23-4)15(11-20)12-5-7-13(19)8-6-12/h5-8,14-15H,9-11H2,1-4H3/t14-,15+/m0/s1. The normalized spacial score (nSPS) is 21.3. The number of nitrogens with zero attached hydrogens (tertiary/aromatic N) is 1. The lowest BCUT2D eigenvalue weighted by atomic mass is 9.81. The van der Waals surface area contributed by atoms with Crippen LogP contribution in [0.15, 0.2) is 24.3 Å². The fraction of sp³-hybridized carbons (Fsp3) is 0.556. The van der Waals surface area contributed by atoms with Gasteiger partial charge >= 0.3 is 12.1 Å². The first-order valence-corrected chi connectivity index (χ1v) is 9.10. The van der Waals surface area contributed by atoms with Crippen molar-refractivity contribution in [1.29, 1.82) is 0 Å². The lowest BCUT2D eigenvalue weighted by Crippen LogP contribution is -2.46. The third-order valence-corrected chi connectivity index (χ3v) is 4.79. The van der Waals surface area contributed by atoms with Gasteiger partial charge < -0.3 is 14.4 Å². The number of methoxy groups -OCH3 is 1. The van der Waals surface area contributed by atoms with Crippen LogP contribution in [0.5, 0.6) is 0 Å². The molecule has 0 radical (unpaired) electrons. The number of hydrogen-bond acceptors (Lipinski definition) is 4. The predicted molar refractivity (Wildman–Crippen MR) is 99.8 cm³/mol. The van der Waals surface area contributed by atoms with Crippen molar-refractivity contribution in [2.45, 2.75) is 38.7 Å².